The van der Waals surface area contributed by atoms with E-state index < -0.39 is 0 Å². The normalized spacial score (nSPS) is 10.5. The molecule has 17 heavy (non-hydrogen) atoms. The number of thioether (sulfide) groups is 1. The Morgan fingerprint density at radius 3 is 2.71 bits per heavy atom. The van der Waals surface area contributed by atoms with Crippen molar-refractivity contribution in [2.24, 2.45) is 0 Å². The lowest BCUT2D eigenvalue weighted by Crippen LogP contribution is -1.89. The van der Waals surface area contributed by atoms with Gasteiger partial charge in [-0.2, -0.15) is 0 Å². The lowest BCUT2D eigenvalue weighted by molar-refractivity contribution is 0.998. The molecule has 1 aromatic carbocycles. The SMILES string of the molecule is Cc1ccccc1CSc1cc(Cl)nnc1Cl. The Labute approximate surface area is 114 Å². The zero-order valence-corrected chi connectivity index (χ0v) is 11.5. The molecule has 0 aliphatic heterocycles. The molecule has 0 atom stereocenters. The van der Waals surface area contributed by atoms with Crippen LogP contribution < -0.4 is 0 Å². The number of halogens is 2. The molecular weight excluding hydrogens is 275 g/mol. The monoisotopic (exact) mass is 284 g/mol. The van der Waals surface area contributed by atoms with Gasteiger partial charge in [-0.15, -0.1) is 22.0 Å². The molecule has 2 nitrogen and oxygen atoms in total. The van der Waals surface area contributed by atoms with E-state index in [2.05, 4.69) is 29.3 Å². The lowest BCUT2D eigenvalue weighted by atomic mass is 10.1. The molecule has 0 aliphatic rings. The van der Waals surface area contributed by atoms with Crippen molar-refractivity contribution >= 4 is 35.0 Å². The van der Waals surface area contributed by atoms with Crippen molar-refractivity contribution in [2.45, 2.75) is 17.6 Å². The fraction of sp³-hybridized carbons (Fsp3) is 0.167. The predicted octanol–water partition coefficient (Wildman–Crippen LogP) is 4.38. The number of hydrogen-bond acceptors (Lipinski definition) is 3. The molecule has 0 fully saturated rings. The first-order chi connectivity index (χ1) is 8.16. The Balaban J connectivity index is 2.12. The number of benzene rings is 1. The zero-order valence-electron chi connectivity index (χ0n) is 9.15. The molecule has 88 valence electrons. The summed E-state index contributed by atoms with van der Waals surface area (Å²) in [6, 6.07) is 9.99. The van der Waals surface area contributed by atoms with Crippen LogP contribution in [0.1, 0.15) is 11.1 Å². The molecule has 0 radical (unpaired) electrons. The van der Waals surface area contributed by atoms with Crippen LogP contribution in [0.25, 0.3) is 0 Å². The molecular formula is C12H10Cl2N2S. The van der Waals surface area contributed by atoms with E-state index in [0.717, 1.165) is 10.6 Å². The number of aromatic nitrogens is 2. The highest BCUT2D eigenvalue weighted by Gasteiger charge is 2.06. The van der Waals surface area contributed by atoms with Crippen LogP contribution in [0.4, 0.5) is 0 Å². The average Bonchev–Trinajstić information content (AvgIpc) is 2.32. The highest BCUT2D eigenvalue weighted by atomic mass is 35.5. The highest BCUT2D eigenvalue weighted by molar-refractivity contribution is 7.98. The van der Waals surface area contributed by atoms with E-state index in [1.807, 2.05) is 12.1 Å². The van der Waals surface area contributed by atoms with E-state index in [0.29, 0.717) is 10.3 Å². The minimum Gasteiger partial charge on any atom is -0.137 e. The van der Waals surface area contributed by atoms with Crippen LogP contribution in [-0.2, 0) is 5.75 Å². The van der Waals surface area contributed by atoms with Gasteiger partial charge in [0.05, 0.1) is 4.90 Å². The smallest absolute Gasteiger partial charge is 0.137 e. The summed E-state index contributed by atoms with van der Waals surface area (Å²) >= 11 is 13.3. The molecule has 0 amide bonds. The van der Waals surface area contributed by atoms with Gasteiger partial charge in [0.25, 0.3) is 0 Å². The summed E-state index contributed by atoms with van der Waals surface area (Å²) in [5, 5.41) is 8.22. The maximum absolute atomic E-state index is 5.95. The van der Waals surface area contributed by atoms with Crippen molar-refractivity contribution in [2.75, 3.05) is 0 Å². The van der Waals surface area contributed by atoms with E-state index in [-0.39, 0.29) is 0 Å². The third-order valence-electron chi connectivity index (χ3n) is 2.33. The first-order valence-electron chi connectivity index (χ1n) is 5.03. The van der Waals surface area contributed by atoms with Gasteiger partial charge in [0.15, 0.2) is 10.3 Å². The molecule has 0 unspecified atom stereocenters. The Kier molecular flexibility index (Phi) is 4.26. The second kappa shape index (κ2) is 5.71. The molecule has 0 aliphatic carbocycles. The molecule has 0 N–H and O–H groups in total. The van der Waals surface area contributed by atoms with Crippen molar-refractivity contribution in [1.82, 2.24) is 10.2 Å². The fourth-order valence-corrected chi connectivity index (χ4v) is 2.82. The summed E-state index contributed by atoms with van der Waals surface area (Å²) in [6.07, 6.45) is 0. The average molecular weight is 285 g/mol. The number of aryl methyl sites for hydroxylation is 1. The molecule has 0 bridgehead atoms. The Morgan fingerprint density at radius 2 is 1.94 bits per heavy atom. The second-order valence-corrected chi connectivity index (χ2v) is 5.30. The van der Waals surface area contributed by atoms with Crippen LogP contribution >= 0.6 is 35.0 Å². The van der Waals surface area contributed by atoms with Crippen molar-refractivity contribution in [3.63, 3.8) is 0 Å². The summed E-state index contributed by atoms with van der Waals surface area (Å²) in [4.78, 5) is 0.856. The molecule has 1 aromatic heterocycles. The minimum atomic E-state index is 0.363. The first-order valence-corrected chi connectivity index (χ1v) is 6.77. The summed E-state index contributed by atoms with van der Waals surface area (Å²) in [5.41, 5.74) is 2.55. The topological polar surface area (TPSA) is 25.8 Å². The van der Waals surface area contributed by atoms with Crippen LogP contribution in [0, 0.1) is 6.92 Å². The van der Waals surface area contributed by atoms with Gasteiger partial charge in [0.1, 0.15) is 0 Å². The van der Waals surface area contributed by atoms with Crippen LogP contribution in [0.15, 0.2) is 35.2 Å². The van der Waals surface area contributed by atoms with Gasteiger partial charge in [-0.3, -0.25) is 0 Å². The van der Waals surface area contributed by atoms with Crippen LogP contribution in [0.3, 0.4) is 0 Å². The van der Waals surface area contributed by atoms with Crippen LogP contribution in [0.5, 0.6) is 0 Å². The molecule has 1 heterocycles. The van der Waals surface area contributed by atoms with Crippen molar-refractivity contribution in [3.05, 3.63) is 51.8 Å². The van der Waals surface area contributed by atoms with E-state index in [1.165, 1.54) is 11.1 Å². The van der Waals surface area contributed by atoms with Crippen molar-refractivity contribution in [1.29, 1.82) is 0 Å². The van der Waals surface area contributed by atoms with Gasteiger partial charge in [-0.05, 0) is 24.1 Å². The third-order valence-corrected chi connectivity index (χ3v) is 3.98. The second-order valence-electron chi connectivity index (χ2n) is 3.54. The molecule has 0 spiro atoms. The third kappa shape index (κ3) is 3.35. The molecule has 0 saturated heterocycles. The van der Waals surface area contributed by atoms with Gasteiger partial charge in [-0.1, -0.05) is 47.5 Å². The van der Waals surface area contributed by atoms with Gasteiger partial charge in [0, 0.05) is 5.75 Å². The summed E-state index contributed by atoms with van der Waals surface area (Å²) in [6.45, 7) is 2.09. The molecule has 0 saturated carbocycles. The largest absolute Gasteiger partial charge is 0.165 e. The van der Waals surface area contributed by atoms with Crippen LogP contribution in [-0.4, -0.2) is 10.2 Å². The minimum absolute atomic E-state index is 0.363. The Bertz CT molecular complexity index is 532. The van der Waals surface area contributed by atoms with E-state index in [9.17, 15) is 0 Å². The van der Waals surface area contributed by atoms with Crippen molar-refractivity contribution < 1.29 is 0 Å². The summed E-state index contributed by atoms with van der Waals surface area (Å²) in [5.74, 6) is 0.842. The Morgan fingerprint density at radius 1 is 1.18 bits per heavy atom. The molecule has 2 rings (SSSR count). The molecule has 5 heteroatoms. The first kappa shape index (κ1) is 12.7. The highest BCUT2D eigenvalue weighted by Crippen LogP contribution is 2.30. The number of nitrogens with zero attached hydrogens (tertiary/aromatic N) is 2. The van der Waals surface area contributed by atoms with Gasteiger partial charge in [0.2, 0.25) is 0 Å². The van der Waals surface area contributed by atoms with Gasteiger partial charge < -0.3 is 0 Å². The summed E-state index contributed by atoms with van der Waals surface area (Å²) in [7, 11) is 0. The van der Waals surface area contributed by atoms with E-state index in [1.54, 1.807) is 17.8 Å². The predicted molar refractivity (Wildman–Crippen MR) is 72.8 cm³/mol. The Hall–Kier alpha value is -0.770. The number of hydrogen-bond donors (Lipinski definition) is 0. The van der Waals surface area contributed by atoms with Gasteiger partial charge in [-0.25, -0.2) is 0 Å². The maximum atomic E-state index is 5.95. The zero-order chi connectivity index (χ0) is 12.3. The fourth-order valence-electron chi connectivity index (χ4n) is 1.37. The lowest BCUT2D eigenvalue weighted by Gasteiger charge is -2.06. The van der Waals surface area contributed by atoms with E-state index >= 15 is 0 Å². The maximum Gasteiger partial charge on any atom is 0.165 e. The van der Waals surface area contributed by atoms with Gasteiger partial charge >= 0.3 is 0 Å². The van der Waals surface area contributed by atoms with E-state index in [4.69, 9.17) is 23.2 Å². The van der Waals surface area contributed by atoms with Crippen molar-refractivity contribution in [3.8, 4) is 0 Å². The number of rotatable bonds is 3. The summed E-state index contributed by atoms with van der Waals surface area (Å²) < 4.78 is 0. The molecule has 2 aromatic rings. The quantitative estimate of drug-likeness (QED) is 0.782. The van der Waals surface area contributed by atoms with Crippen LogP contribution in [0.2, 0.25) is 10.3 Å². The standard InChI is InChI=1S/C12H10Cl2N2S/c1-8-4-2-3-5-9(8)7-17-10-6-11(13)15-16-12(10)14/h2-6H,7H2,1H3.